The van der Waals surface area contributed by atoms with Gasteiger partial charge in [-0.15, -0.1) is 0 Å². The molecule has 0 bridgehead atoms. The van der Waals surface area contributed by atoms with E-state index in [-0.39, 0.29) is 6.10 Å². The van der Waals surface area contributed by atoms with Crippen molar-refractivity contribution in [2.75, 3.05) is 38.2 Å². The van der Waals surface area contributed by atoms with Gasteiger partial charge < -0.3 is 25.4 Å². The molecule has 2 aromatic carbocycles. The second-order valence-corrected chi connectivity index (χ2v) is 7.48. The molecule has 0 radical (unpaired) electrons. The second kappa shape index (κ2) is 12.1. The molecular formula is C24H34N4O2. The van der Waals surface area contributed by atoms with E-state index in [2.05, 4.69) is 60.1 Å². The van der Waals surface area contributed by atoms with Gasteiger partial charge in [0, 0.05) is 37.3 Å². The van der Waals surface area contributed by atoms with Crippen molar-refractivity contribution in [3.05, 3.63) is 59.7 Å². The van der Waals surface area contributed by atoms with E-state index >= 15 is 0 Å². The molecule has 3 N–H and O–H groups in total. The number of benzene rings is 2. The minimum Gasteiger partial charge on any atom is -0.488 e. The van der Waals surface area contributed by atoms with Crippen molar-refractivity contribution in [1.82, 2.24) is 10.6 Å². The van der Waals surface area contributed by atoms with Crippen LogP contribution in [-0.2, 0) is 11.3 Å². The molecule has 1 fully saturated rings. The zero-order chi connectivity index (χ0) is 21.0. The van der Waals surface area contributed by atoms with E-state index in [1.807, 2.05) is 18.2 Å². The summed E-state index contributed by atoms with van der Waals surface area (Å²) in [5.74, 6) is 1.74. The third-order valence-electron chi connectivity index (χ3n) is 4.90. The van der Waals surface area contributed by atoms with Crippen LogP contribution in [0.25, 0.3) is 0 Å². The van der Waals surface area contributed by atoms with Gasteiger partial charge in [0.25, 0.3) is 0 Å². The molecule has 0 spiro atoms. The molecule has 0 amide bonds. The first-order valence-electron chi connectivity index (χ1n) is 10.9. The largest absolute Gasteiger partial charge is 0.488 e. The predicted molar refractivity (Wildman–Crippen MR) is 123 cm³/mol. The number of ether oxygens (including phenoxy) is 2. The number of aryl methyl sites for hydroxylation is 1. The molecule has 3 rings (SSSR count). The fourth-order valence-corrected chi connectivity index (χ4v) is 3.28. The van der Waals surface area contributed by atoms with E-state index in [4.69, 9.17) is 14.5 Å². The maximum Gasteiger partial charge on any atom is 0.191 e. The highest BCUT2D eigenvalue weighted by molar-refractivity contribution is 5.79. The van der Waals surface area contributed by atoms with Crippen molar-refractivity contribution in [2.45, 2.75) is 39.3 Å². The summed E-state index contributed by atoms with van der Waals surface area (Å²) in [5.41, 5.74) is 3.43. The number of nitrogens with zero attached hydrogens (tertiary/aromatic N) is 1. The lowest BCUT2D eigenvalue weighted by Gasteiger charge is -2.16. The summed E-state index contributed by atoms with van der Waals surface area (Å²) in [7, 11) is 0. The molecule has 2 aromatic rings. The average molecular weight is 411 g/mol. The summed E-state index contributed by atoms with van der Waals surface area (Å²) in [4.78, 5) is 4.77. The van der Waals surface area contributed by atoms with Crippen LogP contribution in [0.2, 0.25) is 0 Å². The lowest BCUT2D eigenvalue weighted by atomic mass is 10.1. The fourth-order valence-electron chi connectivity index (χ4n) is 3.28. The zero-order valence-corrected chi connectivity index (χ0v) is 18.1. The van der Waals surface area contributed by atoms with Crippen LogP contribution >= 0.6 is 0 Å². The summed E-state index contributed by atoms with van der Waals surface area (Å²) >= 11 is 0. The Bertz CT molecular complexity index is 789. The molecule has 162 valence electrons. The Morgan fingerprint density at radius 2 is 2.00 bits per heavy atom. The number of guanidine groups is 1. The SMILES string of the molecule is CCNC(=NCc1ccc(C)cc1OC1CCOC1)NCCCNc1ccccc1. The summed E-state index contributed by atoms with van der Waals surface area (Å²) in [6.45, 7) is 8.76. The van der Waals surface area contributed by atoms with Crippen LogP contribution in [0.4, 0.5) is 5.69 Å². The molecule has 1 unspecified atom stereocenters. The molecular weight excluding hydrogens is 376 g/mol. The molecule has 6 heteroatoms. The van der Waals surface area contributed by atoms with Crippen LogP contribution in [0.1, 0.15) is 30.9 Å². The molecule has 30 heavy (non-hydrogen) atoms. The van der Waals surface area contributed by atoms with Gasteiger partial charge in [-0.05, 0) is 44.0 Å². The summed E-state index contributed by atoms with van der Waals surface area (Å²) in [6, 6.07) is 16.6. The molecule has 1 aliphatic heterocycles. The van der Waals surface area contributed by atoms with E-state index in [1.54, 1.807) is 0 Å². The third kappa shape index (κ3) is 7.26. The Kier molecular flexibility index (Phi) is 8.84. The zero-order valence-electron chi connectivity index (χ0n) is 18.1. The van der Waals surface area contributed by atoms with Gasteiger partial charge in [0.05, 0.1) is 19.8 Å². The molecule has 6 nitrogen and oxygen atoms in total. The van der Waals surface area contributed by atoms with Crippen molar-refractivity contribution in [1.29, 1.82) is 0 Å². The maximum absolute atomic E-state index is 6.19. The summed E-state index contributed by atoms with van der Waals surface area (Å²) in [5, 5.41) is 10.2. The van der Waals surface area contributed by atoms with Gasteiger partial charge in [0.2, 0.25) is 0 Å². The van der Waals surface area contributed by atoms with Crippen molar-refractivity contribution >= 4 is 11.6 Å². The van der Waals surface area contributed by atoms with Crippen LogP contribution in [0.5, 0.6) is 5.75 Å². The highest BCUT2D eigenvalue weighted by atomic mass is 16.5. The lowest BCUT2D eigenvalue weighted by Crippen LogP contribution is -2.38. The Balaban J connectivity index is 1.51. The quantitative estimate of drug-likeness (QED) is 0.316. The van der Waals surface area contributed by atoms with Gasteiger partial charge in [0.15, 0.2) is 5.96 Å². The molecule has 0 aromatic heterocycles. The Morgan fingerprint density at radius 3 is 2.77 bits per heavy atom. The number of hydrogen-bond acceptors (Lipinski definition) is 4. The molecule has 0 aliphatic carbocycles. The maximum atomic E-state index is 6.19. The standard InChI is InChI=1S/C24H34N4O2/c1-3-25-24(27-14-7-13-26-21-8-5-4-6-9-21)28-17-20-11-10-19(2)16-23(20)30-22-12-15-29-18-22/h4-6,8-11,16,22,26H,3,7,12-15,17-18H2,1-2H3,(H2,25,27,28). The monoisotopic (exact) mass is 410 g/mol. The number of hydrogen-bond donors (Lipinski definition) is 3. The molecule has 1 aliphatic rings. The van der Waals surface area contributed by atoms with Crippen molar-refractivity contribution in [2.24, 2.45) is 4.99 Å². The Hall–Kier alpha value is -2.73. The minimum absolute atomic E-state index is 0.137. The van der Waals surface area contributed by atoms with Crippen LogP contribution in [0.3, 0.4) is 0 Å². The van der Waals surface area contributed by atoms with Gasteiger partial charge in [-0.25, -0.2) is 4.99 Å². The highest BCUT2D eigenvalue weighted by Gasteiger charge is 2.18. The first-order valence-corrected chi connectivity index (χ1v) is 10.9. The topological polar surface area (TPSA) is 66.9 Å². The average Bonchev–Trinajstić information content (AvgIpc) is 3.26. The van der Waals surface area contributed by atoms with Gasteiger partial charge in [0.1, 0.15) is 11.9 Å². The Labute approximate surface area is 180 Å². The van der Waals surface area contributed by atoms with E-state index in [0.29, 0.717) is 13.2 Å². The molecule has 1 atom stereocenters. The number of anilines is 1. The van der Waals surface area contributed by atoms with Crippen molar-refractivity contribution < 1.29 is 9.47 Å². The predicted octanol–water partition coefficient (Wildman–Crippen LogP) is 3.72. The van der Waals surface area contributed by atoms with E-state index in [1.165, 1.54) is 5.56 Å². The minimum atomic E-state index is 0.137. The van der Waals surface area contributed by atoms with Crippen LogP contribution in [0.15, 0.2) is 53.5 Å². The summed E-state index contributed by atoms with van der Waals surface area (Å²) in [6.07, 6.45) is 2.08. The van der Waals surface area contributed by atoms with Crippen LogP contribution in [-0.4, -0.2) is 44.9 Å². The smallest absolute Gasteiger partial charge is 0.191 e. The first-order chi connectivity index (χ1) is 14.7. The fraction of sp³-hybridized carbons (Fsp3) is 0.458. The van der Waals surface area contributed by atoms with Gasteiger partial charge >= 0.3 is 0 Å². The number of nitrogens with one attached hydrogen (secondary N) is 3. The molecule has 1 saturated heterocycles. The van der Waals surface area contributed by atoms with E-state index in [0.717, 1.165) is 62.0 Å². The van der Waals surface area contributed by atoms with Crippen molar-refractivity contribution in [3.63, 3.8) is 0 Å². The van der Waals surface area contributed by atoms with Crippen LogP contribution in [0, 0.1) is 6.92 Å². The first kappa shape index (κ1) is 22.0. The molecule has 1 heterocycles. The van der Waals surface area contributed by atoms with Crippen molar-refractivity contribution in [3.8, 4) is 5.75 Å². The van der Waals surface area contributed by atoms with Gasteiger partial charge in [-0.1, -0.05) is 30.3 Å². The van der Waals surface area contributed by atoms with Crippen LogP contribution < -0.4 is 20.7 Å². The number of para-hydroxylation sites is 1. The second-order valence-electron chi connectivity index (χ2n) is 7.48. The number of rotatable bonds is 10. The van der Waals surface area contributed by atoms with Gasteiger partial charge in [-0.3, -0.25) is 0 Å². The number of aliphatic imine (C=N–C) groups is 1. The van der Waals surface area contributed by atoms with E-state index in [9.17, 15) is 0 Å². The van der Waals surface area contributed by atoms with E-state index < -0.39 is 0 Å². The normalized spacial score (nSPS) is 16.3. The third-order valence-corrected chi connectivity index (χ3v) is 4.90. The van der Waals surface area contributed by atoms with Gasteiger partial charge in [-0.2, -0.15) is 0 Å². The Morgan fingerprint density at radius 1 is 1.13 bits per heavy atom. The molecule has 0 saturated carbocycles. The lowest BCUT2D eigenvalue weighted by molar-refractivity contribution is 0.140. The summed E-state index contributed by atoms with van der Waals surface area (Å²) < 4.78 is 11.6. The highest BCUT2D eigenvalue weighted by Crippen LogP contribution is 2.24.